The maximum atomic E-state index is 13.6. The number of hydrogen-bond acceptors (Lipinski definition) is 12. The van der Waals surface area contributed by atoms with Gasteiger partial charge in [0.1, 0.15) is 0 Å². The SMILES string of the molecule is COC(=O)c1ccc(CN(c2cccc(C)c2)S(=O)(=O)N2CCN(C)[C@H](C)C2)nc1.COC(=O)c1ccc(CN(c2cccc(C)c2)S(=O)(=O)N2CCN[C@H](C)C2)nc1.Cl. The molecular weight excluding hydrogens is 832 g/mol. The third-order valence-electron chi connectivity index (χ3n) is 10.1. The number of aryl methyl sites for hydroxylation is 2. The van der Waals surface area contributed by atoms with Crippen LogP contribution in [-0.2, 0) is 43.0 Å². The summed E-state index contributed by atoms with van der Waals surface area (Å²) in [5.74, 6) is -0.967. The number of methoxy groups -OCH3 is 2. The normalized spacial score (nSPS) is 17.6. The van der Waals surface area contributed by atoms with Crippen LogP contribution in [0.3, 0.4) is 0 Å². The third kappa shape index (κ3) is 12.0. The molecule has 2 aliphatic rings. The largest absolute Gasteiger partial charge is 0.465 e. The van der Waals surface area contributed by atoms with E-state index in [0.29, 0.717) is 73.2 Å². The van der Waals surface area contributed by atoms with Gasteiger partial charge in [-0.15, -0.1) is 12.4 Å². The Balaban J connectivity index is 0.000000260. The predicted molar refractivity (Wildman–Crippen MR) is 234 cm³/mol. The van der Waals surface area contributed by atoms with Gasteiger partial charge in [0.2, 0.25) is 0 Å². The van der Waals surface area contributed by atoms with E-state index in [4.69, 9.17) is 4.74 Å². The van der Waals surface area contributed by atoms with E-state index in [-0.39, 0.29) is 37.6 Å². The van der Waals surface area contributed by atoms with Crippen LogP contribution < -0.4 is 13.9 Å². The van der Waals surface area contributed by atoms with Crippen LogP contribution >= 0.6 is 12.4 Å². The van der Waals surface area contributed by atoms with Crippen molar-refractivity contribution in [3.63, 3.8) is 0 Å². The number of esters is 2. The Bertz CT molecular complexity index is 2290. The molecule has 0 bridgehead atoms. The summed E-state index contributed by atoms with van der Waals surface area (Å²) in [7, 11) is -2.93. The van der Waals surface area contributed by atoms with Gasteiger partial charge in [-0.2, -0.15) is 25.4 Å². The number of carbonyl (C=O) groups excluding carboxylic acids is 2. The van der Waals surface area contributed by atoms with Gasteiger partial charge in [-0.1, -0.05) is 24.3 Å². The van der Waals surface area contributed by atoms with Crippen LogP contribution in [0.5, 0.6) is 0 Å². The highest BCUT2D eigenvalue weighted by Gasteiger charge is 2.36. The Kier molecular flexibility index (Phi) is 17.0. The van der Waals surface area contributed by atoms with Crippen molar-refractivity contribution in [1.29, 1.82) is 0 Å². The quantitative estimate of drug-likeness (QED) is 0.201. The number of anilines is 2. The van der Waals surface area contributed by atoms with Crippen LogP contribution in [-0.4, -0.2) is 125 Å². The lowest BCUT2D eigenvalue weighted by Gasteiger charge is -2.39. The number of hydrogen-bond donors (Lipinski definition) is 1. The Morgan fingerprint density at radius 2 is 1.18 bits per heavy atom. The molecule has 2 aliphatic heterocycles. The summed E-state index contributed by atoms with van der Waals surface area (Å²) < 4.78 is 69.4. The molecule has 60 heavy (non-hydrogen) atoms. The number of benzene rings is 2. The molecule has 0 saturated carbocycles. The molecule has 16 nitrogen and oxygen atoms in total. The molecule has 4 heterocycles. The number of pyridine rings is 2. The van der Waals surface area contributed by atoms with Crippen molar-refractivity contribution in [2.45, 2.75) is 52.9 Å². The molecule has 0 spiro atoms. The van der Waals surface area contributed by atoms with Crippen molar-refractivity contribution in [2.75, 3.05) is 69.1 Å². The minimum atomic E-state index is -3.77. The van der Waals surface area contributed by atoms with Gasteiger partial charge in [0.15, 0.2) is 0 Å². The summed E-state index contributed by atoms with van der Waals surface area (Å²) in [6.07, 6.45) is 2.80. The van der Waals surface area contributed by atoms with Gasteiger partial charge in [-0.25, -0.2) is 9.59 Å². The fourth-order valence-electron chi connectivity index (χ4n) is 6.60. The van der Waals surface area contributed by atoms with Crippen molar-refractivity contribution >= 4 is 56.1 Å². The van der Waals surface area contributed by atoms with Crippen LogP contribution in [0.2, 0.25) is 0 Å². The second-order valence-corrected chi connectivity index (χ2v) is 18.4. The summed E-state index contributed by atoms with van der Waals surface area (Å²) in [5.41, 5.74) is 4.80. The molecule has 0 aliphatic carbocycles. The molecule has 2 fully saturated rings. The number of nitrogens with one attached hydrogen (secondary N) is 1. The number of likely N-dealkylation sites (N-methyl/N-ethyl adjacent to an activating group) is 1. The number of aromatic nitrogens is 2. The van der Waals surface area contributed by atoms with Crippen molar-refractivity contribution in [2.24, 2.45) is 0 Å². The van der Waals surface area contributed by atoms with E-state index in [1.165, 1.54) is 43.8 Å². The summed E-state index contributed by atoms with van der Waals surface area (Å²) in [6.45, 7) is 10.9. The van der Waals surface area contributed by atoms with Crippen molar-refractivity contribution < 1.29 is 35.9 Å². The lowest BCUT2D eigenvalue weighted by atomic mass is 10.2. The molecule has 1 N–H and O–H groups in total. The first-order valence-electron chi connectivity index (χ1n) is 19.2. The lowest BCUT2D eigenvalue weighted by molar-refractivity contribution is 0.0591. The van der Waals surface area contributed by atoms with Crippen molar-refractivity contribution in [3.8, 4) is 0 Å². The number of rotatable bonds is 12. The molecular formula is C41H55ClN8O8S2. The number of carbonyl (C=O) groups is 2. The van der Waals surface area contributed by atoms with E-state index in [2.05, 4.69) is 24.9 Å². The second kappa shape index (κ2) is 21.2. The highest BCUT2D eigenvalue weighted by Crippen LogP contribution is 2.27. The Morgan fingerprint density at radius 1 is 0.717 bits per heavy atom. The average molecular weight is 888 g/mol. The van der Waals surface area contributed by atoms with Gasteiger partial charge < -0.3 is 19.7 Å². The zero-order valence-corrected chi connectivity index (χ0v) is 37.5. The maximum absolute atomic E-state index is 13.6. The van der Waals surface area contributed by atoms with Crippen LogP contribution in [0.1, 0.15) is 57.1 Å². The average Bonchev–Trinajstić information content (AvgIpc) is 3.22. The number of nitrogens with zero attached hydrogens (tertiary/aromatic N) is 7. The molecule has 2 aromatic heterocycles. The van der Waals surface area contributed by atoms with Crippen LogP contribution in [0, 0.1) is 13.8 Å². The van der Waals surface area contributed by atoms with Gasteiger partial charge in [-0.05, 0) is 94.4 Å². The highest BCUT2D eigenvalue weighted by molar-refractivity contribution is 7.90. The zero-order chi connectivity index (χ0) is 42.9. The first kappa shape index (κ1) is 48.0. The number of piperazine rings is 2. The highest BCUT2D eigenvalue weighted by atomic mass is 35.5. The second-order valence-electron chi connectivity index (χ2n) is 14.7. The minimum Gasteiger partial charge on any atom is -0.465 e. The summed E-state index contributed by atoms with van der Waals surface area (Å²) in [4.78, 5) is 34.0. The Hall–Kier alpha value is -4.69. The molecule has 2 saturated heterocycles. The van der Waals surface area contributed by atoms with Crippen LogP contribution in [0.25, 0.3) is 0 Å². The number of ether oxygens (including phenoxy) is 2. The predicted octanol–water partition coefficient (Wildman–Crippen LogP) is 4.21. The molecule has 0 radical (unpaired) electrons. The molecule has 0 unspecified atom stereocenters. The monoisotopic (exact) mass is 886 g/mol. The molecule has 2 aromatic carbocycles. The summed E-state index contributed by atoms with van der Waals surface area (Å²) in [6, 6.07) is 21.4. The standard InChI is InChI=1S/C21H28N4O4S.C20H26N4O4S.ClH/c1-16-6-5-7-20(12-16)25(15-19-9-8-18(13-22-19)21(26)29-4)30(27,28)24-11-10-23(3)17(2)14-24;1-15-5-4-6-19(11-15)24(29(26,27)23-10-9-21-16(2)13-23)14-18-8-7-17(12-22-18)20(25)28-3;/h5-9,12-13,17H,10-11,14-15H2,1-4H3;4-8,11-12,16,21H,9-10,13-14H2,1-3H3;1H/t17-;16-;/m11./s1. The maximum Gasteiger partial charge on any atom is 0.339 e. The van der Waals surface area contributed by atoms with E-state index in [9.17, 15) is 26.4 Å². The molecule has 6 rings (SSSR count). The van der Waals surface area contributed by atoms with Gasteiger partial charge in [0.05, 0.1) is 61.2 Å². The first-order chi connectivity index (χ1) is 28.0. The fraction of sp³-hybridized carbons (Fsp3) is 0.415. The fourth-order valence-corrected chi connectivity index (χ4v) is 9.95. The summed E-state index contributed by atoms with van der Waals surface area (Å²) >= 11 is 0. The van der Waals surface area contributed by atoms with Gasteiger partial charge in [0, 0.05) is 63.7 Å². The van der Waals surface area contributed by atoms with Gasteiger partial charge in [-0.3, -0.25) is 18.6 Å². The van der Waals surface area contributed by atoms with E-state index < -0.39 is 32.4 Å². The Labute approximate surface area is 360 Å². The minimum absolute atomic E-state index is 0. The molecule has 326 valence electrons. The van der Waals surface area contributed by atoms with E-state index in [0.717, 1.165) is 11.1 Å². The third-order valence-corrected chi connectivity index (χ3v) is 13.9. The van der Waals surface area contributed by atoms with E-state index in [1.54, 1.807) is 36.4 Å². The van der Waals surface area contributed by atoms with Gasteiger partial charge >= 0.3 is 32.4 Å². The zero-order valence-electron chi connectivity index (χ0n) is 35.0. The van der Waals surface area contributed by atoms with Gasteiger partial charge in [0.25, 0.3) is 0 Å². The summed E-state index contributed by atoms with van der Waals surface area (Å²) in [5, 5.41) is 3.26. The molecule has 0 amide bonds. The number of halogens is 1. The van der Waals surface area contributed by atoms with Crippen LogP contribution in [0.4, 0.5) is 11.4 Å². The Morgan fingerprint density at radius 3 is 1.57 bits per heavy atom. The first-order valence-corrected chi connectivity index (χ1v) is 22.0. The molecule has 2 atom stereocenters. The smallest absolute Gasteiger partial charge is 0.339 e. The molecule has 19 heteroatoms. The van der Waals surface area contributed by atoms with E-state index in [1.807, 2.05) is 71.1 Å². The molecule has 4 aromatic rings. The van der Waals surface area contributed by atoms with Crippen molar-refractivity contribution in [1.82, 2.24) is 28.8 Å². The van der Waals surface area contributed by atoms with Crippen LogP contribution in [0.15, 0.2) is 85.2 Å². The van der Waals surface area contributed by atoms with E-state index >= 15 is 0 Å². The topological polar surface area (TPSA) is 175 Å². The van der Waals surface area contributed by atoms with Crippen molar-refractivity contribution in [3.05, 3.63) is 119 Å². The lowest BCUT2D eigenvalue weighted by Crippen LogP contribution is -2.55.